The molecule has 0 amide bonds. The molecule has 0 bridgehead atoms. The predicted octanol–water partition coefficient (Wildman–Crippen LogP) is 8.83. The van der Waals surface area contributed by atoms with Crippen LogP contribution in [-0.4, -0.2) is 185 Å². The fourth-order valence-corrected chi connectivity index (χ4v) is 6.00. The second-order valence-corrected chi connectivity index (χ2v) is 20.0. The van der Waals surface area contributed by atoms with Crippen molar-refractivity contribution in [3.05, 3.63) is 0 Å². The Labute approximate surface area is 405 Å². The smallest absolute Gasteiger partial charge is 0.0701 e. The number of ether oxygens (including phenoxy) is 14. The summed E-state index contributed by atoms with van der Waals surface area (Å²) in [6, 6.07) is 0. The van der Waals surface area contributed by atoms with E-state index in [9.17, 15) is 0 Å². The molecule has 0 aromatic carbocycles. The Morgan fingerprint density at radius 2 is 0.379 bits per heavy atom. The third-order valence-corrected chi connectivity index (χ3v) is 10.4. The maximum absolute atomic E-state index is 6.81. The molecular weight excluding hydrogens is 849 g/mol. The summed E-state index contributed by atoms with van der Waals surface area (Å²) in [7, 11) is 0. The molecule has 0 aliphatic heterocycles. The van der Waals surface area contributed by atoms with E-state index in [-0.39, 0.29) is 6.61 Å². The van der Waals surface area contributed by atoms with Crippen molar-refractivity contribution >= 4 is 0 Å². The summed E-state index contributed by atoms with van der Waals surface area (Å²) in [5.41, 5.74) is -1.30. The Morgan fingerprint density at radius 3 is 0.576 bits per heavy atom. The van der Waals surface area contributed by atoms with Gasteiger partial charge in [-0.2, -0.15) is 0 Å². The first-order valence-electron chi connectivity index (χ1n) is 25.9. The molecule has 0 saturated carbocycles. The molecule has 14 nitrogen and oxygen atoms in total. The highest BCUT2D eigenvalue weighted by atomic mass is 16.6. The van der Waals surface area contributed by atoms with E-state index in [4.69, 9.17) is 66.3 Å². The molecule has 1 unspecified atom stereocenters. The second-order valence-electron chi connectivity index (χ2n) is 20.0. The summed E-state index contributed by atoms with van der Waals surface area (Å²) < 4.78 is 85.9. The molecule has 398 valence electrons. The van der Waals surface area contributed by atoms with Crippen LogP contribution in [0.15, 0.2) is 0 Å². The Hall–Kier alpha value is -0.560. The second kappa shape index (κ2) is 46.8. The highest BCUT2D eigenvalue weighted by molar-refractivity contribution is 4.83. The quantitative estimate of drug-likeness (QED) is 0.0539. The zero-order valence-electron chi connectivity index (χ0n) is 44.6. The Bertz CT molecular complexity index is 916. The van der Waals surface area contributed by atoms with Crippen LogP contribution >= 0.6 is 0 Å². The van der Waals surface area contributed by atoms with Gasteiger partial charge in [0.05, 0.1) is 156 Å². The Kier molecular flexibility index (Phi) is 46.4. The minimum absolute atomic E-state index is 0.290. The average Bonchev–Trinajstić information content (AvgIpc) is 3.26. The van der Waals surface area contributed by atoms with Gasteiger partial charge < -0.3 is 66.3 Å². The summed E-state index contributed by atoms with van der Waals surface area (Å²) in [6.45, 7) is 37.6. The number of hydrogen-bond acceptors (Lipinski definition) is 14. The Balaban J connectivity index is 6.23. The van der Waals surface area contributed by atoms with Crippen molar-refractivity contribution in [3.8, 4) is 0 Å². The van der Waals surface area contributed by atoms with Crippen molar-refractivity contribution in [3.63, 3.8) is 0 Å². The monoisotopic (exact) mass is 955 g/mol. The number of rotatable bonds is 54. The van der Waals surface area contributed by atoms with Crippen molar-refractivity contribution in [2.45, 2.75) is 115 Å². The molecule has 1 atom stereocenters. The molecule has 66 heavy (non-hydrogen) atoms. The van der Waals surface area contributed by atoms with Crippen LogP contribution < -0.4 is 0 Å². The third kappa shape index (κ3) is 44.6. The van der Waals surface area contributed by atoms with Crippen molar-refractivity contribution in [1.82, 2.24) is 0 Å². The predicted molar refractivity (Wildman–Crippen MR) is 264 cm³/mol. The fourth-order valence-electron chi connectivity index (χ4n) is 6.00. The lowest BCUT2D eigenvalue weighted by Gasteiger charge is -2.37. The van der Waals surface area contributed by atoms with Gasteiger partial charge >= 0.3 is 0 Å². The standard InChI is InChI=1S/C52H106O14/c1-12-18-53-26-32-60-38-51(39-61-33-27-55-20-14-47(4)5,43-65-37-31-59-25-24-54-19-13-46(2)3)44-66-45-52(40-62-34-28-56-21-15-48(6)7,41-63-35-29-57-22-16-49(8)9)42-64-36-30-58-23-17-50(10)11/h46-50H,12-45H2,1-11H3. The average molecular weight is 955 g/mol. The van der Waals surface area contributed by atoms with Gasteiger partial charge in [0, 0.05) is 39.6 Å². The summed E-state index contributed by atoms with van der Waals surface area (Å²) in [4.78, 5) is 0. The molecule has 0 radical (unpaired) electrons. The van der Waals surface area contributed by atoms with Crippen LogP contribution in [0.5, 0.6) is 0 Å². The molecule has 0 heterocycles. The van der Waals surface area contributed by atoms with E-state index in [1.54, 1.807) is 0 Å². The van der Waals surface area contributed by atoms with E-state index in [1.165, 1.54) is 0 Å². The third-order valence-electron chi connectivity index (χ3n) is 10.4. The normalized spacial score (nSPS) is 13.5. The topological polar surface area (TPSA) is 129 Å². The molecule has 0 aromatic heterocycles. The van der Waals surface area contributed by atoms with E-state index in [0.29, 0.717) is 201 Å². The van der Waals surface area contributed by atoms with Crippen LogP contribution in [0.2, 0.25) is 0 Å². The van der Waals surface area contributed by atoms with E-state index >= 15 is 0 Å². The van der Waals surface area contributed by atoms with Crippen LogP contribution in [0.4, 0.5) is 0 Å². The van der Waals surface area contributed by atoms with Crippen LogP contribution in [-0.2, 0) is 66.3 Å². The molecule has 0 spiro atoms. The molecule has 0 N–H and O–H groups in total. The lowest BCUT2D eigenvalue weighted by Crippen LogP contribution is -2.46. The van der Waals surface area contributed by atoms with E-state index in [2.05, 4.69) is 76.2 Å². The van der Waals surface area contributed by atoms with Gasteiger partial charge in [-0.15, -0.1) is 0 Å². The molecule has 0 rings (SSSR count). The Morgan fingerprint density at radius 1 is 0.212 bits per heavy atom. The van der Waals surface area contributed by atoms with E-state index < -0.39 is 10.8 Å². The van der Waals surface area contributed by atoms with Crippen LogP contribution in [0.3, 0.4) is 0 Å². The van der Waals surface area contributed by atoms with Gasteiger partial charge in [0.25, 0.3) is 0 Å². The first-order valence-corrected chi connectivity index (χ1v) is 25.9. The van der Waals surface area contributed by atoms with Crippen molar-refractivity contribution in [1.29, 1.82) is 0 Å². The first-order chi connectivity index (χ1) is 31.9. The highest BCUT2D eigenvalue weighted by Gasteiger charge is 2.37. The number of hydrogen-bond donors (Lipinski definition) is 0. The molecule has 0 aliphatic carbocycles. The lowest BCUT2D eigenvalue weighted by molar-refractivity contribution is -0.150. The minimum atomic E-state index is -0.657. The van der Waals surface area contributed by atoms with Gasteiger partial charge in [0.15, 0.2) is 0 Å². The maximum atomic E-state index is 6.81. The first kappa shape index (κ1) is 65.4. The maximum Gasteiger partial charge on any atom is 0.0701 e. The summed E-state index contributed by atoms with van der Waals surface area (Å²) >= 11 is 0. The molecule has 14 heteroatoms. The van der Waals surface area contributed by atoms with Gasteiger partial charge in [-0.1, -0.05) is 76.2 Å². The fraction of sp³-hybridized carbons (Fsp3) is 1.00. The molecule has 0 aromatic rings. The highest BCUT2D eigenvalue weighted by Crippen LogP contribution is 2.26. The lowest BCUT2D eigenvalue weighted by atomic mass is 9.90. The van der Waals surface area contributed by atoms with Gasteiger partial charge in [0.1, 0.15) is 0 Å². The van der Waals surface area contributed by atoms with E-state index in [1.807, 2.05) is 0 Å². The van der Waals surface area contributed by atoms with Gasteiger partial charge in [-0.3, -0.25) is 0 Å². The molecular formula is C52H106O14. The molecule has 0 fully saturated rings. The molecule has 0 saturated heterocycles. The van der Waals surface area contributed by atoms with Gasteiger partial charge in [-0.05, 0) is 68.1 Å². The van der Waals surface area contributed by atoms with Crippen LogP contribution in [0.25, 0.3) is 0 Å². The summed E-state index contributed by atoms with van der Waals surface area (Å²) in [5.74, 6) is 2.93. The minimum Gasteiger partial charge on any atom is -0.380 e. The molecule has 0 aliphatic rings. The van der Waals surface area contributed by atoms with Crippen LogP contribution in [0, 0.1) is 40.4 Å². The van der Waals surface area contributed by atoms with Gasteiger partial charge in [0.2, 0.25) is 0 Å². The SMILES string of the molecule is CCCOCCOCC(COCCOCCOCCC(C)C)(COCCOCCC(C)C)COCC(COCCOCCC(C)C)(COCCOCCC(C)C)COCCOCCC(C)C. The van der Waals surface area contributed by atoms with Crippen molar-refractivity contribution in [2.75, 3.05) is 185 Å². The van der Waals surface area contributed by atoms with Gasteiger partial charge in [-0.25, -0.2) is 0 Å². The van der Waals surface area contributed by atoms with Crippen molar-refractivity contribution < 1.29 is 66.3 Å². The zero-order chi connectivity index (χ0) is 48.8. The van der Waals surface area contributed by atoms with Crippen molar-refractivity contribution in [2.24, 2.45) is 40.4 Å². The summed E-state index contributed by atoms with van der Waals surface area (Å²) in [5, 5.41) is 0. The summed E-state index contributed by atoms with van der Waals surface area (Å²) in [6.07, 6.45) is 6.02. The largest absolute Gasteiger partial charge is 0.380 e. The van der Waals surface area contributed by atoms with E-state index in [0.717, 1.165) is 45.1 Å². The zero-order valence-corrected chi connectivity index (χ0v) is 44.6. The van der Waals surface area contributed by atoms with Crippen LogP contribution in [0.1, 0.15) is 115 Å².